The minimum Gasteiger partial charge on any atom is -0.264 e. The van der Waals surface area contributed by atoms with E-state index in [1.807, 2.05) is 0 Å². The van der Waals surface area contributed by atoms with E-state index in [1.54, 1.807) is 0 Å². The van der Waals surface area contributed by atoms with Gasteiger partial charge in [-0.2, -0.15) is 8.42 Å². The van der Waals surface area contributed by atoms with E-state index in [2.05, 4.69) is 11.3 Å². The fourth-order valence-corrected chi connectivity index (χ4v) is 1.44. The molecule has 0 saturated heterocycles. The van der Waals surface area contributed by atoms with Crippen molar-refractivity contribution in [1.82, 2.24) is 0 Å². The summed E-state index contributed by atoms with van der Waals surface area (Å²) in [5.41, 5.74) is 0. The number of benzene rings is 1. The normalized spacial score (nSPS) is 11.6. The number of halogens is 2. The van der Waals surface area contributed by atoms with E-state index in [-0.39, 0.29) is 9.92 Å². The van der Waals surface area contributed by atoms with E-state index < -0.39 is 15.9 Å². The SMILES string of the molecule is [CH2]OS(=O)(=O)c1ccc(Cl)c(F)c1. The van der Waals surface area contributed by atoms with Crippen molar-refractivity contribution >= 4 is 21.7 Å². The van der Waals surface area contributed by atoms with Gasteiger partial charge in [-0.1, -0.05) is 11.6 Å². The van der Waals surface area contributed by atoms with Crippen molar-refractivity contribution in [2.24, 2.45) is 0 Å². The lowest BCUT2D eigenvalue weighted by Gasteiger charge is -2.01. The highest BCUT2D eigenvalue weighted by atomic mass is 35.5. The van der Waals surface area contributed by atoms with Gasteiger partial charge >= 0.3 is 0 Å². The van der Waals surface area contributed by atoms with Gasteiger partial charge in [0.15, 0.2) is 0 Å². The molecule has 0 heterocycles. The van der Waals surface area contributed by atoms with Crippen molar-refractivity contribution in [3.8, 4) is 0 Å². The predicted octanol–water partition coefficient (Wildman–Crippen LogP) is 1.98. The third kappa shape index (κ3) is 2.18. The van der Waals surface area contributed by atoms with Gasteiger partial charge in [0.2, 0.25) is 0 Å². The zero-order chi connectivity index (χ0) is 10.1. The first-order chi connectivity index (χ1) is 5.97. The summed E-state index contributed by atoms with van der Waals surface area (Å²) in [7, 11) is -1.20. The first-order valence-corrected chi connectivity index (χ1v) is 4.90. The van der Waals surface area contributed by atoms with Crippen LogP contribution in [0.2, 0.25) is 5.02 Å². The average Bonchev–Trinajstić information content (AvgIpc) is 2.09. The molecule has 6 heteroatoms. The molecule has 1 aromatic carbocycles. The Morgan fingerprint density at radius 2 is 2.08 bits per heavy atom. The van der Waals surface area contributed by atoms with Crippen molar-refractivity contribution < 1.29 is 17.0 Å². The monoisotopic (exact) mass is 223 g/mol. The molecule has 71 valence electrons. The van der Waals surface area contributed by atoms with Crippen LogP contribution < -0.4 is 0 Å². The third-order valence-electron chi connectivity index (χ3n) is 1.33. The van der Waals surface area contributed by atoms with E-state index in [1.165, 1.54) is 0 Å². The van der Waals surface area contributed by atoms with Crippen LogP contribution in [-0.4, -0.2) is 8.42 Å². The van der Waals surface area contributed by atoms with Crippen molar-refractivity contribution in [1.29, 1.82) is 0 Å². The summed E-state index contributed by atoms with van der Waals surface area (Å²) in [5, 5.41) is -0.150. The molecule has 0 aromatic heterocycles. The molecule has 0 spiro atoms. The van der Waals surface area contributed by atoms with Crippen LogP contribution in [0.5, 0.6) is 0 Å². The molecule has 0 amide bonds. The Morgan fingerprint density at radius 3 is 2.54 bits per heavy atom. The van der Waals surface area contributed by atoms with Crippen LogP contribution in [0.25, 0.3) is 0 Å². The molecule has 3 nitrogen and oxygen atoms in total. The molecule has 0 saturated carbocycles. The molecular weight excluding hydrogens is 219 g/mol. The lowest BCUT2D eigenvalue weighted by molar-refractivity contribution is 0.437. The molecule has 0 unspecified atom stereocenters. The molecule has 0 bridgehead atoms. The highest BCUT2D eigenvalue weighted by Crippen LogP contribution is 2.19. The summed E-state index contributed by atoms with van der Waals surface area (Å²) in [6, 6.07) is 3.03. The van der Waals surface area contributed by atoms with Gasteiger partial charge in [0.05, 0.1) is 17.0 Å². The largest absolute Gasteiger partial charge is 0.297 e. The van der Waals surface area contributed by atoms with Gasteiger partial charge in [-0.3, -0.25) is 4.18 Å². The van der Waals surface area contributed by atoms with E-state index >= 15 is 0 Å². The quantitative estimate of drug-likeness (QED) is 0.720. The summed E-state index contributed by atoms with van der Waals surface area (Å²) in [4.78, 5) is -0.315. The van der Waals surface area contributed by atoms with E-state index in [0.29, 0.717) is 0 Å². The molecular formula is C7H5ClFO3S. The van der Waals surface area contributed by atoms with Gasteiger partial charge in [-0.25, -0.2) is 4.39 Å². The first-order valence-electron chi connectivity index (χ1n) is 3.11. The van der Waals surface area contributed by atoms with Crippen LogP contribution in [0, 0.1) is 12.9 Å². The van der Waals surface area contributed by atoms with Crippen LogP contribution in [-0.2, 0) is 14.3 Å². The Morgan fingerprint density at radius 1 is 1.46 bits per heavy atom. The number of hydrogen-bond acceptors (Lipinski definition) is 3. The number of hydrogen-bond donors (Lipinski definition) is 0. The molecule has 0 aliphatic rings. The maximum atomic E-state index is 12.8. The Hall–Kier alpha value is -0.650. The van der Waals surface area contributed by atoms with E-state index in [4.69, 9.17) is 11.6 Å². The third-order valence-corrected chi connectivity index (χ3v) is 2.78. The summed E-state index contributed by atoms with van der Waals surface area (Å²) >= 11 is 5.35. The van der Waals surface area contributed by atoms with Crippen molar-refractivity contribution in [2.45, 2.75) is 4.90 Å². The molecule has 0 aliphatic heterocycles. The van der Waals surface area contributed by atoms with Crippen molar-refractivity contribution in [2.75, 3.05) is 0 Å². The topological polar surface area (TPSA) is 43.4 Å². The molecule has 0 aliphatic carbocycles. The van der Waals surface area contributed by atoms with E-state index in [0.717, 1.165) is 18.2 Å². The lowest BCUT2D eigenvalue weighted by Crippen LogP contribution is -2.01. The van der Waals surface area contributed by atoms with Gasteiger partial charge in [0, 0.05) is 0 Å². The predicted molar refractivity (Wildman–Crippen MR) is 45.0 cm³/mol. The van der Waals surface area contributed by atoms with Crippen LogP contribution in [0.15, 0.2) is 23.1 Å². The average molecular weight is 224 g/mol. The van der Waals surface area contributed by atoms with Crippen molar-refractivity contribution in [3.05, 3.63) is 36.1 Å². The van der Waals surface area contributed by atoms with Gasteiger partial charge < -0.3 is 0 Å². The highest BCUT2D eigenvalue weighted by Gasteiger charge is 2.14. The standard InChI is InChI=1S/C7H5ClFO3S/c1-12-13(10,11)5-2-3-6(8)7(9)4-5/h2-4H,1H2. The molecule has 13 heavy (non-hydrogen) atoms. The Balaban J connectivity index is 3.27. The van der Waals surface area contributed by atoms with Gasteiger partial charge in [0.25, 0.3) is 10.1 Å². The summed E-state index contributed by atoms with van der Waals surface area (Å²) in [6.07, 6.45) is 0. The van der Waals surface area contributed by atoms with Crippen LogP contribution in [0.4, 0.5) is 4.39 Å². The Kier molecular flexibility index (Phi) is 2.90. The highest BCUT2D eigenvalue weighted by molar-refractivity contribution is 7.86. The molecule has 0 fully saturated rings. The second-order valence-electron chi connectivity index (χ2n) is 2.15. The second-order valence-corrected chi connectivity index (χ2v) is 4.17. The van der Waals surface area contributed by atoms with Gasteiger partial charge in [-0.15, -0.1) is 0 Å². The minimum absolute atomic E-state index is 0.150. The molecule has 0 N–H and O–H groups in total. The maximum absolute atomic E-state index is 12.8. The fourth-order valence-electron chi connectivity index (χ4n) is 0.700. The smallest absolute Gasteiger partial charge is 0.264 e. The minimum atomic E-state index is -3.95. The molecule has 1 rings (SSSR count). The lowest BCUT2D eigenvalue weighted by atomic mass is 10.3. The first kappa shape index (κ1) is 10.4. The summed E-state index contributed by atoms with van der Waals surface area (Å²) in [5.74, 6) is -0.820. The Labute approximate surface area is 80.2 Å². The summed E-state index contributed by atoms with van der Waals surface area (Å²) in [6.45, 7) is 0. The molecule has 0 atom stereocenters. The van der Waals surface area contributed by atoms with Crippen molar-refractivity contribution in [3.63, 3.8) is 0 Å². The number of rotatable bonds is 2. The zero-order valence-corrected chi connectivity index (χ0v) is 7.90. The Bertz CT molecular complexity index is 416. The molecule has 1 radical (unpaired) electrons. The van der Waals surface area contributed by atoms with Crippen LogP contribution >= 0.6 is 11.6 Å². The zero-order valence-electron chi connectivity index (χ0n) is 6.33. The molecule has 1 aromatic rings. The second kappa shape index (κ2) is 3.61. The van der Waals surface area contributed by atoms with E-state index in [9.17, 15) is 12.8 Å². The van der Waals surface area contributed by atoms with Crippen LogP contribution in [0.3, 0.4) is 0 Å². The fraction of sp³-hybridized carbons (Fsp3) is 0. The van der Waals surface area contributed by atoms with Gasteiger partial charge in [-0.05, 0) is 18.2 Å². The van der Waals surface area contributed by atoms with Crippen LogP contribution in [0.1, 0.15) is 0 Å². The summed E-state index contributed by atoms with van der Waals surface area (Å²) < 4.78 is 38.6. The maximum Gasteiger partial charge on any atom is 0.297 e. The van der Waals surface area contributed by atoms with Gasteiger partial charge in [0.1, 0.15) is 5.82 Å².